The molecule has 1 aliphatic rings. The number of benzene rings is 1. The molecule has 0 saturated carbocycles. The average molecular weight is 266 g/mol. The fourth-order valence-corrected chi connectivity index (χ4v) is 2.08. The Labute approximate surface area is 117 Å². The van der Waals surface area contributed by atoms with E-state index < -0.39 is 5.97 Å². The Kier molecular flexibility index (Phi) is 2.99. The summed E-state index contributed by atoms with van der Waals surface area (Å²) in [6.45, 7) is 1.99. The van der Waals surface area contributed by atoms with Crippen LogP contribution in [0.5, 0.6) is 0 Å². The molecule has 2 heterocycles. The van der Waals surface area contributed by atoms with Gasteiger partial charge in [0.25, 0.3) is 0 Å². The van der Waals surface area contributed by atoms with E-state index in [1.807, 2.05) is 61.1 Å². The molecular weight excluding hydrogens is 252 g/mol. The summed E-state index contributed by atoms with van der Waals surface area (Å²) in [7, 11) is 1.91. The van der Waals surface area contributed by atoms with Crippen molar-refractivity contribution in [1.29, 1.82) is 0 Å². The number of cyclic esters (lactones) is 1. The van der Waals surface area contributed by atoms with E-state index in [4.69, 9.17) is 4.74 Å². The summed E-state index contributed by atoms with van der Waals surface area (Å²) in [5.74, 6) is -0.0538. The summed E-state index contributed by atoms with van der Waals surface area (Å²) in [4.78, 5) is 16.2. The number of carbonyl (C=O) groups excluding carboxylic acids is 1. The Bertz CT molecular complexity index is 738. The van der Waals surface area contributed by atoms with Crippen LogP contribution in [0.4, 0.5) is 0 Å². The van der Waals surface area contributed by atoms with Gasteiger partial charge in [-0.3, -0.25) is 0 Å². The van der Waals surface area contributed by atoms with Crippen LogP contribution in [0.25, 0.3) is 6.08 Å². The van der Waals surface area contributed by atoms with E-state index in [1.54, 1.807) is 6.08 Å². The molecule has 20 heavy (non-hydrogen) atoms. The smallest absolute Gasteiger partial charge is 0.363 e. The maximum Gasteiger partial charge on any atom is 0.363 e. The molecule has 0 spiro atoms. The fraction of sp³-hybridized carbons (Fsp3) is 0.125. The Morgan fingerprint density at radius 2 is 2.10 bits per heavy atom. The van der Waals surface area contributed by atoms with E-state index in [-0.39, 0.29) is 0 Å². The maximum atomic E-state index is 11.9. The minimum absolute atomic E-state index is 0.323. The van der Waals surface area contributed by atoms with Gasteiger partial charge < -0.3 is 9.30 Å². The van der Waals surface area contributed by atoms with Gasteiger partial charge in [0.05, 0.1) is 0 Å². The molecule has 1 aromatic heterocycles. The van der Waals surface area contributed by atoms with Crippen LogP contribution in [0, 0.1) is 6.92 Å². The van der Waals surface area contributed by atoms with E-state index in [9.17, 15) is 4.79 Å². The third-order valence-corrected chi connectivity index (χ3v) is 3.15. The summed E-state index contributed by atoms with van der Waals surface area (Å²) in [6, 6.07) is 11.6. The summed E-state index contributed by atoms with van der Waals surface area (Å²) in [5.41, 5.74) is 3.14. The van der Waals surface area contributed by atoms with Crippen molar-refractivity contribution in [1.82, 2.24) is 4.57 Å². The number of carbonyl (C=O) groups is 1. The first-order chi connectivity index (χ1) is 9.63. The lowest BCUT2D eigenvalue weighted by Crippen LogP contribution is -2.05. The highest BCUT2D eigenvalue weighted by molar-refractivity contribution is 6.12. The van der Waals surface area contributed by atoms with Crippen LogP contribution in [0.1, 0.15) is 16.8 Å². The van der Waals surface area contributed by atoms with Crippen molar-refractivity contribution in [3.8, 4) is 0 Å². The molecule has 100 valence electrons. The summed E-state index contributed by atoms with van der Waals surface area (Å²) < 4.78 is 7.15. The van der Waals surface area contributed by atoms with Crippen LogP contribution >= 0.6 is 0 Å². The molecule has 0 saturated heterocycles. The van der Waals surface area contributed by atoms with E-state index in [1.165, 1.54) is 0 Å². The number of aryl methyl sites for hydroxylation is 2. The first kappa shape index (κ1) is 12.4. The van der Waals surface area contributed by atoms with Gasteiger partial charge in [0, 0.05) is 24.5 Å². The van der Waals surface area contributed by atoms with Crippen LogP contribution in [0.3, 0.4) is 0 Å². The van der Waals surface area contributed by atoms with Crippen molar-refractivity contribution >= 4 is 17.9 Å². The highest BCUT2D eigenvalue weighted by Crippen LogP contribution is 2.19. The molecule has 0 N–H and O–H groups in total. The second-order valence-electron chi connectivity index (χ2n) is 4.75. The number of aromatic nitrogens is 1. The number of aliphatic imine (C=N–C) groups is 1. The quantitative estimate of drug-likeness (QED) is 0.619. The SMILES string of the molecule is Cc1cccc(C2=NC(=Cc3cccn3C)C(=O)O2)c1. The molecule has 0 atom stereocenters. The summed E-state index contributed by atoms with van der Waals surface area (Å²) in [6.07, 6.45) is 3.64. The molecule has 0 aliphatic carbocycles. The third-order valence-electron chi connectivity index (χ3n) is 3.15. The molecule has 1 aromatic carbocycles. The van der Waals surface area contributed by atoms with Gasteiger partial charge in [-0.2, -0.15) is 0 Å². The Balaban J connectivity index is 1.97. The molecule has 3 rings (SSSR count). The van der Waals surface area contributed by atoms with Crippen molar-refractivity contribution < 1.29 is 9.53 Å². The number of ether oxygens (including phenoxy) is 1. The van der Waals surface area contributed by atoms with Gasteiger partial charge >= 0.3 is 5.97 Å². The first-order valence-corrected chi connectivity index (χ1v) is 6.34. The second kappa shape index (κ2) is 4.81. The molecule has 1 aliphatic heterocycles. The number of hydrogen-bond donors (Lipinski definition) is 0. The monoisotopic (exact) mass is 266 g/mol. The van der Waals surface area contributed by atoms with Gasteiger partial charge in [-0.15, -0.1) is 0 Å². The third kappa shape index (κ3) is 2.28. The van der Waals surface area contributed by atoms with E-state index in [0.29, 0.717) is 11.6 Å². The second-order valence-corrected chi connectivity index (χ2v) is 4.75. The van der Waals surface area contributed by atoms with Gasteiger partial charge in [-0.05, 0) is 37.3 Å². The predicted molar refractivity (Wildman–Crippen MR) is 77.2 cm³/mol. The molecule has 0 amide bonds. The molecule has 0 radical (unpaired) electrons. The lowest BCUT2D eigenvalue weighted by molar-refractivity contribution is -0.129. The fourth-order valence-electron chi connectivity index (χ4n) is 2.08. The van der Waals surface area contributed by atoms with Crippen molar-refractivity contribution in [2.24, 2.45) is 12.0 Å². The number of esters is 1. The highest BCUT2D eigenvalue weighted by Gasteiger charge is 2.24. The van der Waals surface area contributed by atoms with Gasteiger partial charge in [-0.25, -0.2) is 9.79 Å². The van der Waals surface area contributed by atoms with Gasteiger partial charge in [0.2, 0.25) is 5.90 Å². The lowest BCUT2D eigenvalue weighted by Gasteiger charge is -1.99. The molecule has 2 aromatic rings. The van der Waals surface area contributed by atoms with Crippen LogP contribution in [0.2, 0.25) is 0 Å². The van der Waals surface area contributed by atoms with E-state index in [2.05, 4.69) is 4.99 Å². The molecule has 4 nitrogen and oxygen atoms in total. The van der Waals surface area contributed by atoms with E-state index in [0.717, 1.165) is 16.8 Å². The van der Waals surface area contributed by atoms with Crippen molar-refractivity contribution in [2.45, 2.75) is 6.92 Å². The highest BCUT2D eigenvalue weighted by atomic mass is 16.6. The zero-order valence-electron chi connectivity index (χ0n) is 11.3. The van der Waals surface area contributed by atoms with Crippen LogP contribution in [-0.4, -0.2) is 16.4 Å². The minimum atomic E-state index is -0.414. The Morgan fingerprint density at radius 1 is 1.25 bits per heavy atom. The van der Waals surface area contributed by atoms with Crippen LogP contribution in [-0.2, 0) is 16.6 Å². The maximum absolute atomic E-state index is 11.9. The number of rotatable bonds is 2. The van der Waals surface area contributed by atoms with Gasteiger partial charge in [0.15, 0.2) is 5.70 Å². The molecule has 0 fully saturated rings. The lowest BCUT2D eigenvalue weighted by atomic mass is 10.1. The van der Waals surface area contributed by atoms with E-state index >= 15 is 0 Å². The van der Waals surface area contributed by atoms with Crippen LogP contribution < -0.4 is 0 Å². The normalized spacial score (nSPS) is 16.4. The zero-order chi connectivity index (χ0) is 14.1. The number of hydrogen-bond acceptors (Lipinski definition) is 3. The van der Waals surface area contributed by atoms with Crippen molar-refractivity contribution in [3.05, 3.63) is 65.1 Å². The largest absolute Gasteiger partial charge is 0.402 e. The van der Waals surface area contributed by atoms with Crippen molar-refractivity contribution in [2.75, 3.05) is 0 Å². The van der Waals surface area contributed by atoms with Crippen LogP contribution in [0.15, 0.2) is 53.3 Å². The topological polar surface area (TPSA) is 43.6 Å². The minimum Gasteiger partial charge on any atom is -0.402 e. The molecular formula is C16H14N2O2. The molecule has 0 unspecified atom stereocenters. The summed E-state index contributed by atoms with van der Waals surface area (Å²) >= 11 is 0. The zero-order valence-corrected chi connectivity index (χ0v) is 11.3. The van der Waals surface area contributed by atoms with Gasteiger partial charge in [0.1, 0.15) is 0 Å². The van der Waals surface area contributed by atoms with Crippen molar-refractivity contribution in [3.63, 3.8) is 0 Å². The Hall–Kier alpha value is -2.62. The molecule has 4 heteroatoms. The number of nitrogens with zero attached hydrogens (tertiary/aromatic N) is 2. The Morgan fingerprint density at radius 3 is 2.80 bits per heavy atom. The average Bonchev–Trinajstić information content (AvgIpc) is 2.98. The van der Waals surface area contributed by atoms with Gasteiger partial charge in [-0.1, -0.05) is 17.7 Å². The first-order valence-electron chi connectivity index (χ1n) is 6.34. The summed E-state index contributed by atoms with van der Waals surface area (Å²) in [5, 5.41) is 0. The predicted octanol–water partition coefficient (Wildman–Crippen LogP) is 2.68. The molecule has 0 bridgehead atoms. The standard InChI is InChI=1S/C16H14N2O2/c1-11-5-3-6-12(9-11)15-17-14(16(19)20-15)10-13-7-4-8-18(13)2/h3-10H,1-2H3.